The average Bonchev–Trinajstić information content (AvgIpc) is 3.18. The number of hydrogen-bond acceptors (Lipinski definition) is 6. The zero-order valence-electron chi connectivity index (χ0n) is 16.0. The number of aromatic carboxylic acids is 1. The fraction of sp³-hybridized carbons (Fsp3) is 0.0952. The van der Waals surface area contributed by atoms with Gasteiger partial charge in [-0.2, -0.15) is 0 Å². The van der Waals surface area contributed by atoms with Crippen LogP contribution >= 0.6 is 23.1 Å². The predicted molar refractivity (Wildman–Crippen MR) is 118 cm³/mol. The van der Waals surface area contributed by atoms with E-state index >= 15 is 0 Å². The van der Waals surface area contributed by atoms with Crippen molar-refractivity contribution < 1.29 is 19.0 Å². The second-order valence-corrected chi connectivity index (χ2v) is 8.37. The van der Waals surface area contributed by atoms with E-state index in [1.807, 2.05) is 24.3 Å². The molecule has 0 saturated carbocycles. The van der Waals surface area contributed by atoms with Crippen LogP contribution in [0.25, 0.3) is 16.6 Å². The monoisotopic (exact) mass is 458 g/mol. The largest absolute Gasteiger partial charge is 0.496 e. The summed E-state index contributed by atoms with van der Waals surface area (Å²) in [5.41, 5.74) is -0.945. The third-order valence-electron chi connectivity index (χ3n) is 4.59. The minimum Gasteiger partial charge on any atom is -0.496 e. The van der Waals surface area contributed by atoms with E-state index in [0.717, 1.165) is 16.9 Å². The van der Waals surface area contributed by atoms with Crippen molar-refractivity contribution in [1.29, 1.82) is 0 Å². The number of thioether (sulfide) groups is 1. The molecule has 0 bridgehead atoms. The van der Waals surface area contributed by atoms with Gasteiger partial charge in [-0.15, -0.1) is 23.1 Å². The highest BCUT2D eigenvalue weighted by atomic mass is 32.2. The minimum atomic E-state index is -1.29. The van der Waals surface area contributed by atoms with E-state index in [0.29, 0.717) is 21.0 Å². The van der Waals surface area contributed by atoms with Crippen LogP contribution in [0.5, 0.6) is 5.75 Å². The Hall–Kier alpha value is -3.37. The molecule has 0 unspecified atom stereocenters. The molecule has 2 aromatic carbocycles. The number of hydrogen-bond donors (Lipinski definition) is 2. The molecule has 0 atom stereocenters. The Morgan fingerprint density at radius 2 is 2.03 bits per heavy atom. The number of nitrogens with one attached hydrogen (secondary N) is 1. The summed E-state index contributed by atoms with van der Waals surface area (Å²) >= 11 is 2.20. The second-order valence-electron chi connectivity index (χ2n) is 6.44. The number of fused-ring (bicyclic) bond motifs is 1. The second kappa shape index (κ2) is 8.40. The number of carboxylic acids is 1. The highest BCUT2D eigenvalue weighted by Gasteiger charge is 2.20. The number of halogens is 1. The summed E-state index contributed by atoms with van der Waals surface area (Å²) in [5.74, 6) is -0.834. The number of rotatable bonds is 6. The lowest BCUT2D eigenvalue weighted by Crippen LogP contribution is -2.34. The molecule has 0 saturated heterocycles. The van der Waals surface area contributed by atoms with Gasteiger partial charge >= 0.3 is 11.7 Å². The summed E-state index contributed by atoms with van der Waals surface area (Å²) in [4.78, 5) is 39.8. The summed E-state index contributed by atoms with van der Waals surface area (Å²) in [6, 6.07) is 11.6. The molecular weight excluding hydrogens is 443 g/mol. The predicted octanol–water partition coefficient (Wildman–Crippen LogP) is 3.88. The first-order chi connectivity index (χ1) is 14.9. The number of ether oxygens (including phenoxy) is 1. The van der Waals surface area contributed by atoms with Crippen LogP contribution in [0.15, 0.2) is 62.3 Å². The van der Waals surface area contributed by atoms with Gasteiger partial charge in [0, 0.05) is 21.6 Å². The number of H-pyrrole nitrogens is 1. The average molecular weight is 458 g/mol. The number of carbonyl (C=O) groups is 1. The van der Waals surface area contributed by atoms with Gasteiger partial charge < -0.3 is 14.8 Å². The molecule has 158 valence electrons. The van der Waals surface area contributed by atoms with Crippen LogP contribution in [0, 0.1) is 5.82 Å². The summed E-state index contributed by atoms with van der Waals surface area (Å²) in [6.45, 7) is 0. The maximum Gasteiger partial charge on any atom is 0.346 e. The lowest BCUT2D eigenvalue weighted by atomic mass is 10.2. The molecular formula is C21H15FN2O5S2. The Bertz CT molecular complexity index is 1420. The van der Waals surface area contributed by atoms with Gasteiger partial charge in [-0.25, -0.2) is 18.5 Å². The van der Waals surface area contributed by atoms with Gasteiger partial charge in [0.1, 0.15) is 16.4 Å². The quantitative estimate of drug-likeness (QED) is 0.425. The SMILES string of the molecule is COc1ccccc1CSc1ccc(F)c(-n2c(=O)[nH]c3csc(C(=O)O)c3c2=O)c1. The van der Waals surface area contributed by atoms with Gasteiger partial charge in [0.15, 0.2) is 0 Å². The van der Waals surface area contributed by atoms with Crippen LogP contribution in [0.2, 0.25) is 0 Å². The summed E-state index contributed by atoms with van der Waals surface area (Å²) in [7, 11) is 1.57. The van der Waals surface area contributed by atoms with Gasteiger partial charge in [-0.1, -0.05) is 18.2 Å². The van der Waals surface area contributed by atoms with Crippen molar-refractivity contribution in [2.24, 2.45) is 0 Å². The number of nitrogens with zero attached hydrogens (tertiary/aromatic N) is 1. The van der Waals surface area contributed by atoms with Crippen molar-refractivity contribution in [2.45, 2.75) is 10.6 Å². The number of thiophene rings is 1. The van der Waals surface area contributed by atoms with E-state index in [-0.39, 0.29) is 21.5 Å². The van der Waals surface area contributed by atoms with Crippen LogP contribution in [0.3, 0.4) is 0 Å². The molecule has 2 heterocycles. The first kappa shape index (κ1) is 20.9. The molecule has 0 aliphatic heterocycles. The van der Waals surface area contributed by atoms with Crippen molar-refractivity contribution >= 4 is 40.0 Å². The topological polar surface area (TPSA) is 101 Å². The Balaban J connectivity index is 1.78. The maximum absolute atomic E-state index is 14.6. The molecule has 4 aromatic rings. The highest BCUT2D eigenvalue weighted by molar-refractivity contribution is 7.98. The van der Waals surface area contributed by atoms with Gasteiger partial charge in [-0.3, -0.25) is 4.79 Å². The molecule has 2 aromatic heterocycles. The molecule has 0 aliphatic rings. The van der Waals surface area contributed by atoms with E-state index in [1.165, 1.54) is 29.3 Å². The Labute approximate surface area is 182 Å². The summed E-state index contributed by atoms with van der Waals surface area (Å²) in [5, 5.41) is 10.5. The fourth-order valence-electron chi connectivity index (χ4n) is 3.15. The molecule has 0 fully saturated rings. The van der Waals surface area contributed by atoms with Gasteiger partial charge in [0.25, 0.3) is 5.56 Å². The molecule has 31 heavy (non-hydrogen) atoms. The number of aromatic nitrogens is 2. The van der Waals surface area contributed by atoms with Crippen LogP contribution in [0.4, 0.5) is 4.39 Å². The van der Waals surface area contributed by atoms with Crippen LogP contribution < -0.4 is 16.0 Å². The van der Waals surface area contributed by atoms with Crippen molar-refractivity contribution in [1.82, 2.24) is 9.55 Å². The highest BCUT2D eigenvalue weighted by Crippen LogP contribution is 2.29. The number of methoxy groups -OCH3 is 1. The zero-order valence-corrected chi connectivity index (χ0v) is 17.7. The zero-order chi connectivity index (χ0) is 22.1. The maximum atomic E-state index is 14.6. The Kier molecular flexibility index (Phi) is 5.66. The van der Waals surface area contributed by atoms with E-state index < -0.39 is 23.0 Å². The van der Waals surface area contributed by atoms with Crippen LogP contribution in [-0.4, -0.2) is 27.7 Å². The first-order valence-electron chi connectivity index (χ1n) is 8.95. The van der Waals surface area contributed by atoms with Gasteiger partial charge in [-0.05, 0) is 24.3 Å². The third kappa shape index (κ3) is 3.87. The van der Waals surface area contributed by atoms with E-state index in [4.69, 9.17) is 4.74 Å². The smallest absolute Gasteiger partial charge is 0.346 e. The normalized spacial score (nSPS) is 11.0. The van der Waals surface area contributed by atoms with Crippen molar-refractivity contribution in [3.05, 3.63) is 84.9 Å². The van der Waals surface area contributed by atoms with E-state index in [1.54, 1.807) is 13.2 Å². The van der Waals surface area contributed by atoms with Crippen LogP contribution in [0.1, 0.15) is 15.2 Å². The molecule has 0 amide bonds. The lowest BCUT2D eigenvalue weighted by molar-refractivity contribution is 0.0704. The number of aromatic amines is 1. The van der Waals surface area contributed by atoms with Gasteiger partial charge in [0.05, 0.1) is 23.7 Å². The number of benzene rings is 2. The first-order valence-corrected chi connectivity index (χ1v) is 10.8. The molecule has 0 spiro atoms. The fourth-order valence-corrected chi connectivity index (χ4v) is 4.90. The molecule has 4 rings (SSSR count). The lowest BCUT2D eigenvalue weighted by Gasteiger charge is -2.10. The Morgan fingerprint density at radius 1 is 1.26 bits per heavy atom. The molecule has 10 heteroatoms. The number of carboxylic acid groups (broad SMARTS) is 1. The van der Waals surface area contributed by atoms with Crippen molar-refractivity contribution in [2.75, 3.05) is 7.11 Å². The van der Waals surface area contributed by atoms with Crippen LogP contribution in [-0.2, 0) is 5.75 Å². The Morgan fingerprint density at radius 3 is 2.77 bits per heavy atom. The van der Waals surface area contributed by atoms with E-state index in [2.05, 4.69) is 4.98 Å². The molecule has 0 aliphatic carbocycles. The third-order valence-corrected chi connectivity index (χ3v) is 6.60. The minimum absolute atomic E-state index is 0.107. The molecule has 7 nitrogen and oxygen atoms in total. The molecule has 2 N–H and O–H groups in total. The van der Waals surface area contributed by atoms with E-state index in [9.17, 15) is 23.9 Å². The number of para-hydroxylation sites is 1. The summed E-state index contributed by atoms with van der Waals surface area (Å²) in [6.07, 6.45) is 0. The van der Waals surface area contributed by atoms with Gasteiger partial charge in [0.2, 0.25) is 0 Å². The van der Waals surface area contributed by atoms with Crippen molar-refractivity contribution in [3.63, 3.8) is 0 Å². The van der Waals surface area contributed by atoms with Crippen molar-refractivity contribution in [3.8, 4) is 11.4 Å². The standard InChI is InChI=1S/C21H15FN2O5S2/c1-29-16-5-3-2-4-11(16)9-30-12-6-7-13(22)15(8-12)24-19(25)17-14(23-21(24)28)10-31-18(17)20(26)27/h2-8,10H,9H2,1H3,(H,23,28)(H,26,27). The molecule has 0 radical (unpaired) electrons. The summed E-state index contributed by atoms with van der Waals surface area (Å²) < 4.78 is 20.6.